The van der Waals surface area contributed by atoms with Gasteiger partial charge in [0.05, 0.1) is 0 Å². The van der Waals surface area contributed by atoms with Crippen molar-refractivity contribution >= 4 is 6.08 Å². The van der Waals surface area contributed by atoms with Crippen molar-refractivity contribution in [2.24, 2.45) is 0 Å². The molecular formula is C28H38. The maximum absolute atomic E-state index is 4.20. The monoisotopic (exact) mass is 374 g/mol. The van der Waals surface area contributed by atoms with Gasteiger partial charge in [-0.05, 0) is 64.6 Å². The minimum atomic E-state index is 1.07. The summed E-state index contributed by atoms with van der Waals surface area (Å²) in [6, 6.07) is 11.5. The fourth-order valence-electron chi connectivity index (χ4n) is 4.87. The first-order valence-electron chi connectivity index (χ1n) is 11.7. The molecule has 2 aromatic rings. The lowest BCUT2D eigenvalue weighted by atomic mass is 9.87. The molecule has 150 valence electrons. The molecule has 1 aliphatic rings. The summed E-state index contributed by atoms with van der Waals surface area (Å²) in [6.45, 7) is 8.79. The summed E-state index contributed by atoms with van der Waals surface area (Å²) < 4.78 is 0. The third kappa shape index (κ3) is 4.77. The Balaban J connectivity index is 1.73. The molecular weight excluding hydrogens is 336 g/mol. The number of rotatable bonds is 12. The van der Waals surface area contributed by atoms with Gasteiger partial charge in [-0.15, -0.1) is 0 Å². The van der Waals surface area contributed by atoms with Crippen LogP contribution in [-0.2, 0) is 19.3 Å². The van der Waals surface area contributed by atoms with Crippen molar-refractivity contribution in [2.75, 3.05) is 0 Å². The Morgan fingerprint density at radius 1 is 0.821 bits per heavy atom. The highest BCUT2D eigenvalue weighted by Crippen LogP contribution is 2.41. The largest absolute Gasteiger partial charge is 0.0984 e. The molecule has 0 spiro atoms. The van der Waals surface area contributed by atoms with E-state index in [4.69, 9.17) is 0 Å². The van der Waals surface area contributed by atoms with E-state index in [9.17, 15) is 0 Å². The predicted octanol–water partition coefficient (Wildman–Crippen LogP) is 8.54. The molecule has 0 aliphatic heterocycles. The Morgan fingerprint density at radius 2 is 1.54 bits per heavy atom. The van der Waals surface area contributed by atoms with E-state index in [-0.39, 0.29) is 0 Å². The standard InChI is InChI=1S/C28H38/c1-4-7-8-9-10-11-12-13-17-22-21-28-26-19-15-14-18-23(26)20-27(28)24(6-3)25(22)16-5-2/h6,14-15,18-19,21H,3-5,7-13,16-17,20H2,1-2H3. The number of fused-ring (bicyclic) bond motifs is 3. The van der Waals surface area contributed by atoms with Crippen LogP contribution in [0.1, 0.15) is 99.5 Å². The second kappa shape index (κ2) is 10.6. The summed E-state index contributed by atoms with van der Waals surface area (Å²) in [5.41, 5.74) is 10.5. The molecule has 0 unspecified atom stereocenters. The van der Waals surface area contributed by atoms with Gasteiger partial charge in [-0.2, -0.15) is 0 Å². The fraction of sp³-hybridized carbons (Fsp3) is 0.500. The number of aryl methyl sites for hydroxylation is 1. The van der Waals surface area contributed by atoms with Gasteiger partial charge in [0.25, 0.3) is 0 Å². The van der Waals surface area contributed by atoms with E-state index in [1.807, 2.05) is 0 Å². The van der Waals surface area contributed by atoms with Crippen LogP contribution in [-0.4, -0.2) is 0 Å². The Hall–Kier alpha value is -1.82. The first-order chi connectivity index (χ1) is 13.8. The zero-order valence-corrected chi connectivity index (χ0v) is 18.2. The van der Waals surface area contributed by atoms with Crippen LogP contribution in [0.2, 0.25) is 0 Å². The molecule has 0 N–H and O–H groups in total. The molecule has 0 bridgehead atoms. The van der Waals surface area contributed by atoms with Crippen LogP contribution < -0.4 is 0 Å². The van der Waals surface area contributed by atoms with E-state index in [1.54, 1.807) is 11.1 Å². The molecule has 1 aliphatic carbocycles. The van der Waals surface area contributed by atoms with Gasteiger partial charge in [0, 0.05) is 0 Å². The molecule has 28 heavy (non-hydrogen) atoms. The average Bonchev–Trinajstić information content (AvgIpc) is 3.08. The van der Waals surface area contributed by atoms with Crippen molar-refractivity contribution in [3.05, 3.63) is 64.7 Å². The maximum atomic E-state index is 4.20. The molecule has 0 fully saturated rings. The fourth-order valence-corrected chi connectivity index (χ4v) is 4.87. The molecule has 0 radical (unpaired) electrons. The van der Waals surface area contributed by atoms with Crippen LogP contribution in [0.25, 0.3) is 17.2 Å². The summed E-state index contributed by atoms with van der Waals surface area (Å²) in [5.74, 6) is 0. The SMILES string of the molecule is C=Cc1c(CCC)c(CCCCCCCCCC)cc2c1Cc1ccccc1-2. The minimum Gasteiger partial charge on any atom is -0.0984 e. The Labute approximate surface area is 173 Å². The summed E-state index contributed by atoms with van der Waals surface area (Å²) in [5, 5.41) is 0. The summed E-state index contributed by atoms with van der Waals surface area (Å²) >= 11 is 0. The van der Waals surface area contributed by atoms with Gasteiger partial charge in [-0.25, -0.2) is 0 Å². The van der Waals surface area contributed by atoms with Crippen molar-refractivity contribution in [1.29, 1.82) is 0 Å². The van der Waals surface area contributed by atoms with E-state index in [0.29, 0.717) is 0 Å². The minimum absolute atomic E-state index is 1.07. The molecule has 0 saturated heterocycles. The van der Waals surface area contributed by atoms with Gasteiger partial charge in [0.15, 0.2) is 0 Å². The Kier molecular flexibility index (Phi) is 7.95. The Bertz CT molecular complexity index is 781. The quantitative estimate of drug-likeness (QED) is 0.279. The van der Waals surface area contributed by atoms with E-state index in [1.165, 1.54) is 98.4 Å². The highest BCUT2D eigenvalue weighted by Gasteiger charge is 2.23. The van der Waals surface area contributed by atoms with Crippen molar-refractivity contribution in [2.45, 2.75) is 90.9 Å². The van der Waals surface area contributed by atoms with Crippen LogP contribution in [0.15, 0.2) is 36.9 Å². The third-order valence-electron chi connectivity index (χ3n) is 6.36. The summed E-state index contributed by atoms with van der Waals surface area (Å²) in [4.78, 5) is 0. The lowest BCUT2D eigenvalue weighted by Gasteiger charge is -2.17. The van der Waals surface area contributed by atoms with Gasteiger partial charge >= 0.3 is 0 Å². The van der Waals surface area contributed by atoms with Gasteiger partial charge in [0.2, 0.25) is 0 Å². The molecule has 0 nitrogen and oxygen atoms in total. The highest BCUT2D eigenvalue weighted by molar-refractivity contribution is 5.82. The van der Waals surface area contributed by atoms with Crippen LogP contribution in [0.4, 0.5) is 0 Å². The molecule has 0 heteroatoms. The second-order valence-electron chi connectivity index (χ2n) is 8.47. The van der Waals surface area contributed by atoms with Crippen molar-refractivity contribution < 1.29 is 0 Å². The summed E-state index contributed by atoms with van der Waals surface area (Å²) in [7, 11) is 0. The molecule has 0 aromatic heterocycles. The molecule has 0 amide bonds. The third-order valence-corrected chi connectivity index (χ3v) is 6.36. The number of hydrogen-bond donors (Lipinski definition) is 0. The normalized spacial score (nSPS) is 12.1. The molecule has 0 heterocycles. The van der Waals surface area contributed by atoms with Gasteiger partial charge in [-0.1, -0.05) is 108 Å². The van der Waals surface area contributed by atoms with Crippen LogP contribution in [0, 0.1) is 0 Å². The van der Waals surface area contributed by atoms with E-state index < -0.39 is 0 Å². The van der Waals surface area contributed by atoms with Crippen LogP contribution in [0.5, 0.6) is 0 Å². The number of unbranched alkanes of at least 4 members (excludes halogenated alkanes) is 7. The molecule has 2 aromatic carbocycles. The molecule has 0 saturated carbocycles. The Morgan fingerprint density at radius 3 is 2.25 bits per heavy atom. The lowest BCUT2D eigenvalue weighted by molar-refractivity contribution is 0.575. The van der Waals surface area contributed by atoms with Crippen LogP contribution in [0.3, 0.4) is 0 Å². The van der Waals surface area contributed by atoms with Crippen molar-refractivity contribution in [3.8, 4) is 11.1 Å². The first kappa shape index (κ1) is 20.9. The molecule has 0 atom stereocenters. The van der Waals surface area contributed by atoms with Crippen molar-refractivity contribution in [1.82, 2.24) is 0 Å². The van der Waals surface area contributed by atoms with Crippen molar-refractivity contribution in [3.63, 3.8) is 0 Å². The zero-order chi connectivity index (χ0) is 19.8. The topological polar surface area (TPSA) is 0 Å². The van der Waals surface area contributed by atoms with E-state index >= 15 is 0 Å². The smallest absolute Gasteiger partial charge is 0.000740 e. The van der Waals surface area contributed by atoms with Crippen LogP contribution >= 0.6 is 0 Å². The maximum Gasteiger partial charge on any atom is -0.000740 e. The predicted molar refractivity (Wildman–Crippen MR) is 125 cm³/mol. The van der Waals surface area contributed by atoms with Gasteiger partial charge < -0.3 is 0 Å². The first-order valence-corrected chi connectivity index (χ1v) is 11.7. The average molecular weight is 375 g/mol. The summed E-state index contributed by atoms with van der Waals surface area (Å²) in [6.07, 6.45) is 17.9. The van der Waals surface area contributed by atoms with E-state index in [0.717, 1.165) is 6.42 Å². The lowest BCUT2D eigenvalue weighted by Crippen LogP contribution is -2.02. The van der Waals surface area contributed by atoms with Gasteiger partial charge in [0.1, 0.15) is 0 Å². The van der Waals surface area contributed by atoms with Gasteiger partial charge in [-0.3, -0.25) is 0 Å². The number of hydrogen-bond acceptors (Lipinski definition) is 0. The molecule has 3 rings (SSSR count). The number of benzene rings is 2. The second-order valence-corrected chi connectivity index (χ2v) is 8.47. The van der Waals surface area contributed by atoms with E-state index in [2.05, 4.69) is 56.8 Å². The zero-order valence-electron chi connectivity index (χ0n) is 18.2. The highest BCUT2D eigenvalue weighted by atomic mass is 14.3.